The number of hydrogen-bond acceptors (Lipinski definition) is 5. The van der Waals surface area contributed by atoms with Gasteiger partial charge in [-0.15, -0.1) is 5.10 Å². The molecule has 0 bridgehead atoms. The summed E-state index contributed by atoms with van der Waals surface area (Å²) in [5.74, 6) is 0.861. The van der Waals surface area contributed by atoms with Crippen LogP contribution in [-0.4, -0.2) is 59.9 Å². The summed E-state index contributed by atoms with van der Waals surface area (Å²) in [5, 5.41) is 7.27. The van der Waals surface area contributed by atoms with Crippen LogP contribution in [0.25, 0.3) is 0 Å². The van der Waals surface area contributed by atoms with Gasteiger partial charge in [0.05, 0.1) is 6.26 Å². The van der Waals surface area contributed by atoms with Crippen molar-refractivity contribution in [3.05, 3.63) is 4.77 Å². The van der Waals surface area contributed by atoms with Crippen LogP contribution < -0.4 is 4.90 Å². The Morgan fingerprint density at radius 1 is 1.19 bits per heavy atom. The van der Waals surface area contributed by atoms with Gasteiger partial charge in [-0.2, -0.15) is 4.31 Å². The zero-order valence-electron chi connectivity index (χ0n) is 12.2. The van der Waals surface area contributed by atoms with Gasteiger partial charge in [0, 0.05) is 32.2 Å². The van der Waals surface area contributed by atoms with Crippen LogP contribution in [0.1, 0.15) is 31.7 Å². The van der Waals surface area contributed by atoms with E-state index < -0.39 is 10.0 Å². The topological polar surface area (TPSA) is 74.2 Å². The number of sulfonamides is 1. The summed E-state index contributed by atoms with van der Waals surface area (Å²) in [6.07, 6.45) is 6.02. The summed E-state index contributed by atoms with van der Waals surface area (Å²) in [4.78, 5) is 2.13. The number of nitrogens with zero attached hydrogens (tertiary/aromatic N) is 4. The quantitative estimate of drug-likeness (QED) is 0.841. The molecule has 1 aromatic heterocycles. The summed E-state index contributed by atoms with van der Waals surface area (Å²) in [6, 6.07) is 0.430. The van der Waals surface area contributed by atoms with Crippen LogP contribution in [0, 0.1) is 4.77 Å². The van der Waals surface area contributed by atoms with Crippen molar-refractivity contribution in [2.24, 2.45) is 0 Å². The lowest BCUT2D eigenvalue weighted by molar-refractivity contribution is 0.380. The molecule has 0 spiro atoms. The molecule has 118 valence electrons. The highest BCUT2D eigenvalue weighted by Crippen LogP contribution is 2.32. The van der Waals surface area contributed by atoms with Crippen LogP contribution in [-0.2, 0) is 10.0 Å². The Kier molecular flexibility index (Phi) is 4.06. The SMILES string of the molecule is CS(=O)(=O)N1CCN(c2n[nH]c(=S)n2C2CCCC2)CC1. The average molecular weight is 331 g/mol. The Labute approximate surface area is 130 Å². The zero-order chi connectivity index (χ0) is 15.0. The van der Waals surface area contributed by atoms with Crippen LogP contribution in [0.2, 0.25) is 0 Å². The molecule has 1 N–H and O–H groups in total. The fraction of sp³-hybridized carbons (Fsp3) is 0.833. The minimum atomic E-state index is -3.10. The molecule has 1 saturated carbocycles. The van der Waals surface area contributed by atoms with Gasteiger partial charge in [0.25, 0.3) is 0 Å². The molecule has 0 atom stereocenters. The van der Waals surface area contributed by atoms with Gasteiger partial charge in [0.1, 0.15) is 0 Å². The zero-order valence-corrected chi connectivity index (χ0v) is 13.8. The van der Waals surface area contributed by atoms with E-state index in [0.29, 0.717) is 37.0 Å². The molecule has 1 aromatic rings. The third kappa shape index (κ3) is 3.00. The van der Waals surface area contributed by atoms with Crippen molar-refractivity contribution in [2.75, 3.05) is 37.3 Å². The average Bonchev–Trinajstić information content (AvgIpc) is 3.06. The number of piperazine rings is 1. The number of anilines is 1. The number of rotatable bonds is 3. The Morgan fingerprint density at radius 3 is 2.38 bits per heavy atom. The van der Waals surface area contributed by atoms with E-state index in [1.165, 1.54) is 23.4 Å². The van der Waals surface area contributed by atoms with Crippen LogP contribution in [0.5, 0.6) is 0 Å². The molecule has 9 heteroatoms. The smallest absolute Gasteiger partial charge is 0.226 e. The van der Waals surface area contributed by atoms with Gasteiger partial charge in [0.2, 0.25) is 16.0 Å². The molecule has 1 aliphatic heterocycles. The molecule has 2 heterocycles. The lowest BCUT2D eigenvalue weighted by atomic mass is 10.2. The van der Waals surface area contributed by atoms with Crippen molar-refractivity contribution in [3.63, 3.8) is 0 Å². The number of nitrogens with one attached hydrogen (secondary N) is 1. The Bertz CT molecular complexity index is 651. The molecule has 0 aromatic carbocycles. The van der Waals surface area contributed by atoms with Gasteiger partial charge in [-0.05, 0) is 25.1 Å². The van der Waals surface area contributed by atoms with Gasteiger partial charge in [-0.1, -0.05) is 12.8 Å². The predicted molar refractivity (Wildman–Crippen MR) is 83.5 cm³/mol. The summed E-state index contributed by atoms with van der Waals surface area (Å²) in [6.45, 7) is 2.31. The van der Waals surface area contributed by atoms with E-state index in [9.17, 15) is 8.42 Å². The highest BCUT2D eigenvalue weighted by molar-refractivity contribution is 7.88. The van der Waals surface area contributed by atoms with E-state index in [-0.39, 0.29) is 0 Å². The molecule has 2 fully saturated rings. The third-order valence-electron chi connectivity index (χ3n) is 4.37. The van der Waals surface area contributed by atoms with E-state index in [2.05, 4.69) is 19.7 Å². The van der Waals surface area contributed by atoms with Crippen LogP contribution >= 0.6 is 12.2 Å². The molecule has 7 nitrogen and oxygen atoms in total. The Morgan fingerprint density at radius 2 is 1.81 bits per heavy atom. The fourth-order valence-corrected chi connectivity index (χ4v) is 4.33. The molecule has 21 heavy (non-hydrogen) atoms. The molecule has 2 aliphatic rings. The monoisotopic (exact) mass is 331 g/mol. The highest BCUT2D eigenvalue weighted by atomic mass is 32.2. The van der Waals surface area contributed by atoms with Crippen molar-refractivity contribution in [1.82, 2.24) is 19.1 Å². The van der Waals surface area contributed by atoms with Gasteiger partial charge in [-0.25, -0.2) is 13.5 Å². The normalized spacial score (nSPS) is 22.0. The highest BCUT2D eigenvalue weighted by Gasteiger charge is 2.28. The molecule has 1 saturated heterocycles. The van der Waals surface area contributed by atoms with E-state index in [4.69, 9.17) is 12.2 Å². The lowest BCUT2D eigenvalue weighted by Gasteiger charge is -2.34. The van der Waals surface area contributed by atoms with Gasteiger partial charge in [0.15, 0.2) is 4.77 Å². The molecule has 0 amide bonds. The molecule has 0 unspecified atom stereocenters. The van der Waals surface area contributed by atoms with E-state index in [0.717, 1.165) is 18.8 Å². The standard InChI is InChI=1S/C12H21N5O2S2/c1-21(18,19)16-8-6-15(7-9-16)11-13-14-12(20)17(11)10-4-2-3-5-10/h10H,2-9H2,1H3,(H,14,20). The van der Waals surface area contributed by atoms with Crippen molar-refractivity contribution in [3.8, 4) is 0 Å². The van der Waals surface area contributed by atoms with Crippen LogP contribution in [0.15, 0.2) is 0 Å². The minimum absolute atomic E-state index is 0.430. The van der Waals surface area contributed by atoms with Crippen LogP contribution in [0.4, 0.5) is 5.95 Å². The number of aromatic amines is 1. The van der Waals surface area contributed by atoms with Gasteiger partial charge < -0.3 is 4.90 Å². The predicted octanol–water partition coefficient (Wildman–Crippen LogP) is 1.14. The second-order valence-corrected chi connectivity index (χ2v) is 8.16. The first-order chi connectivity index (χ1) is 9.97. The Hall–Kier alpha value is -0.930. The largest absolute Gasteiger partial charge is 0.338 e. The summed E-state index contributed by atoms with van der Waals surface area (Å²) >= 11 is 5.37. The summed E-state index contributed by atoms with van der Waals surface area (Å²) in [7, 11) is -3.10. The number of hydrogen-bond donors (Lipinski definition) is 1. The summed E-state index contributed by atoms with van der Waals surface area (Å²) in [5.41, 5.74) is 0. The van der Waals surface area contributed by atoms with E-state index >= 15 is 0 Å². The lowest BCUT2D eigenvalue weighted by Crippen LogP contribution is -2.49. The fourth-order valence-electron chi connectivity index (χ4n) is 3.23. The molecule has 0 radical (unpaired) electrons. The van der Waals surface area contributed by atoms with E-state index in [1.807, 2.05) is 0 Å². The molecule has 1 aliphatic carbocycles. The second-order valence-electron chi connectivity index (χ2n) is 5.79. The van der Waals surface area contributed by atoms with Crippen LogP contribution in [0.3, 0.4) is 0 Å². The number of aromatic nitrogens is 3. The van der Waals surface area contributed by atoms with Gasteiger partial charge in [-0.3, -0.25) is 4.57 Å². The molecular formula is C12H21N5O2S2. The van der Waals surface area contributed by atoms with Crippen molar-refractivity contribution >= 4 is 28.2 Å². The maximum Gasteiger partial charge on any atom is 0.226 e. The second kappa shape index (κ2) is 5.69. The van der Waals surface area contributed by atoms with Gasteiger partial charge >= 0.3 is 0 Å². The Balaban J connectivity index is 1.78. The maximum atomic E-state index is 11.6. The number of H-pyrrole nitrogens is 1. The first kappa shape index (κ1) is 15.0. The summed E-state index contributed by atoms with van der Waals surface area (Å²) < 4.78 is 27.5. The molecule has 3 rings (SSSR count). The van der Waals surface area contributed by atoms with Crippen molar-refractivity contribution in [1.29, 1.82) is 0 Å². The van der Waals surface area contributed by atoms with Crippen molar-refractivity contribution < 1.29 is 8.42 Å². The first-order valence-corrected chi connectivity index (χ1v) is 9.59. The molecular weight excluding hydrogens is 310 g/mol. The van der Waals surface area contributed by atoms with Crippen molar-refractivity contribution in [2.45, 2.75) is 31.7 Å². The first-order valence-electron chi connectivity index (χ1n) is 7.34. The maximum absolute atomic E-state index is 11.6. The third-order valence-corrected chi connectivity index (χ3v) is 5.96. The minimum Gasteiger partial charge on any atom is -0.338 e. The van der Waals surface area contributed by atoms with E-state index in [1.54, 1.807) is 0 Å².